The summed E-state index contributed by atoms with van der Waals surface area (Å²) in [4.78, 5) is 26.8. The van der Waals surface area contributed by atoms with Crippen LogP contribution in [0.15, 0.2) is 42.5 Å². The van der Waals surface area contributed by atoms with Crippen LogP contribution in [0.3, 0.4) is 0 Å². The van der Waals surface area contributed by atoms with Gasteiger partial charge >= 0.3 is 0 Å². The first-order valence-corrected chi connectivity index (χ1v) is 13.2. The summed E-state index contributed by atoms with van der Waals surface area (Å²) in [7, 11) is -0.665. The Morgan fingerprint density at radius 1 is 1.12 bits per heavy atom. The van der Waals surface area contributed by atoms with E-state index in [9.17, 15) is 18.0 Å². The van der Waals surface area contributed by atoms with Crippen molar-refractivity contribution in [3.8, 4) is 5.75 Å². The van der Waals surface area contributed by atoms with Crippen molar-refractivity contribution in [1.82, 2.24) is 10.2 Å². The van der Waals surface area contributed by atoms with Crippen LogP contribution in [0.4, 0.5) is 5.69 Å². The predicted molar refractivity (Wildman–Crippen MR) is 135 cm³/mol. The molecule has 1 unspecified atom stereocenters. The lowest BCUT2D eigenvalue weighted by atomic mass is 10.1. The van der Waals surface area contributed by atoms with Gasteiger partial charge in [0, 0.05) is 31.6 Å². The quantitative estimate of drug-likeness (QED) is 0.478. The van der Waals surface area contributed by atoms with E-state index in [-0.39, 0.29) is 42.8 Å². The lowest BCUT2D eigenvalue weighted by molar-refractivity contribution is -0.140. The van der Waals surface area contributed by atoms with Gasteiger partial charge in [-0.05, 0) is 43.2 Å². The Kier molecular flexibility index (Phi) is 10.0. The van der Waals surface area contributed by atoms with E-state index < -0.39 is 16.1 Å². The van der Waals surface area contributed by atoms with Gasteiger partial charge in [-0.2, -0.15) is 0 Å². The third kappa shape index (κ3) is 7.25. The Balaban J connectivity index is 2.18. The summed E-state index contributed by atoms with van der Waals surface area (Å²) in [5.74, 6) is -0.185. The zero-order chi connectivity index (χ0) is 25.5. The number of halogens is 2. The molecular weight excluding hydrogens is 501 g/mol. The van der Waals surface area contributed by atoms with Crippen LogP contribution < -0.4 is 14.4 Å². The number of methoxy groups -OCH3 is 1. The summed E-state index contributed by atoms with van der Waals surface area (Å²) in [6, 6.07) is 11.0. The number of benzene rings is 2. The lowest BCUT2D eigenvalue weighted by Gasteiger charge is -2.29. The Morgan fingerprint density at radius 3 is 2.35 bits per heavy atom. The second-order valence-corrected chi connectivity index (χ2v) is 10.4. The number of ether oxygens (including phenoxy) is 1. The summed E-state index contributed by atoms with van der Waals surface area (Å²) in [5, 5.41) is 3.32. The molecule has 11 heteroatoms. The van der Waals surface area contributed by atoms with Crippen LogP contribution in [-0.2, 0) is 26.2 Å². The van der Waals surface area contributed by atoms with Gasteiger partial charge in [0.15, 0.2) is 0 Å². The number of likely N-dealkylation sites (N-methyl/N-ethyl adjacent to an activating group) is 1. The number of sulfonamides is 1. The first-order valence-electron chi connectivity index (χ1n) is 10.5. The SMILES string of the molecule is CNC(=O)C(C)N(Cc1ccccc1Cl)C(=O)CCCN(c1ccc(OC)c(Cl)c1)S(C)(=O)=O. The molecule has 186 valence electrons. The van der Waals surface area contributed by atoms with Crippen molar-refractivity contribution in [2.45, 2.75) is 32.4 Å². The molecule has 34 heavy (non-hydrogen) atoms. The van der Waals surface area contributed by atoms with Crippen molar-refractivity contribution < 1.29 is 22.7 Å². The average molecular weight is 530 g/mol. The summed E-state index contributed by atoms with van der Waals surface area (Å²) in [6.07, 6.45) is 1.35. The van der Waals surface area contributed by atoms with E-state index in [4.69, 9.17) is 27.9 Å². The number of hydrogen-bond acceptors (Lipinski definition) is 5. The third-order valence-electron chi connectivity index (χ3n) is 5.29. The molecule has 0 bridgehead atoms. The number of anilines is 1. The molecule has 2 amide bonds. The van der Waals surface area contributed by atoms with E-state index in [1.807, 2.05) is 0 Å². The number of hydrogen-bond donors (Lipinski definition) is 1. The van der Waals surface area contributed by atoms with Crippen molar-refractivity contribution in [2.75, 3.05) is 31.3 Å². The van der Waals surface area contributed by atoms with E-state index >= 15 is 0 Å². The highest BCUT2D eigenvalue weighted by molar-refractivity contribution is 7.92. The Hall–Kier alpha value is -2.49. The minimum Gasteiger partial charge on any atom is -0.495 e. The smallest absolute Gasteiger partial charge is 0.242 e. The molecule has 0 saturated heterocycles. The second-order valence-electron chi connectivity index (χ2n) is 7.66. The van der Waals surface area contributed by atoms with Crippen LogP contribution >= 0.6 is 23.2 Å². The normalized spacial score (nSPS) is 12.1. The fraction of sp³-hybridized carbons (Fsp3) is 0.391. The third-order valence-corrected chi connectivity index (χ3v) is 7.15. The number of carbonyl (C=O) groups excluding carboxylic acids is 2. The number of amides is 2. The molecule has 2 aromatic rings. The van der Waals surface area contributed by atoms with Gasteiger partial charge in [0.05, 0.1) is 24.1 Å². The Morgan fingerprint density at radius 2 is 1.79 bits per heavy atom. The minimum atomic E-state index is -3.63. The van der Waals surface area contributed by atoms with Crippen molar-refractivity contribution >= 4 is 50.7 Å². The average Bonchev–Trinajstić information content (AvgIpc) is 2.79. The van der Waals surface area contributed by atoms with Gasteiger partial charge in [-0.15, -0.1) is 0 Å². The molecule has 0 aliphatic carbocycles. The zero-order valence-electron chi connectivity index (χ0n) is 19.5. The Labute approximate surface area is 210 Å². The fourth-order valence-electron chi connectivity index (χ4n) is 3.42. The number of rotatable bonds is 11. The number of carbonyl (C=O) groups is 2. The summed E-state index contributed by atoms with van der Waals surface area (Å²) in [5.41, 5.74) is 1.08. The molecule has 2 rings (SSSR count). The largest absolute Gasteiger partial charge is 0.495 e. The van der Waals surface area contributed by atoms with E-state index in [0.29, 0.717) is 22.0 Å². The summed E-state index contributed by atoms with van der Waals surface area (Å²) < 4.78 is 31.1. The topological polar surface area (TPSA) is 96.0 Å². The maximum atomic E-state index is 13.1. The molecule has 0 aliphatic heterocycles. The standard InChI is InChI=1S/C23H29Cl2N3O5S/c1-16(23(30)26-2)27(15-17-8-5-6-9-19(17)24)22(29)10-7-13-28(34(4,31)32)18-11-12-21(33-3)20(25)14-18/h5-6,8-9,11-12,14,16H,7,10,13,15H2,1-4H3,(H,26,30). The van der Waals surface area contributed by atoms with Crippen LogP contribution in [0.25, 0.3) is 0 Å². The van der Waals surface area contributed by atoms with Gasteiger partial charge in [-0.3, -0.25) is 13.9 Å². The molecule has 0 spiro atoms. The van der Waals surface area contributed by atoms with E-state index in [1.54, 1.807) is 43.3 Å². The van der Waals surface area contributed by atoms with Gasteiger partial charge in [0.25, 0.3) is 0 Å². The molecular formula is C23H29Cl2N3O5S. The molecule has 1 atom stereocenters. The van der Waals surface area contributed by atoms with Gasteiger partial charge < -0.3 is 15.0 Å². The maximum Gasteiger partial charge on any atom is 0.242 e. The molecule has 0 radical (unpaired) electrons. The van der Waals surface area contributed by atoms with Gasteiger partial charge in [-0.1, -0.05) is 41.4 Å². The second kappa shape index (κ2) is 12.3. The van der Waals surface area contributed by atoms with E-state index in [2.05, 4.69) is 5.32 Å². The lowest BCUT2D eigenvalue weighted by Crippen LogP contribution is -2.46. The predicted octanol–water partition coefficient (Wildman–Crippen LogP) is 3.71. The molecule has 1 N–H and O–H groups in total. The van der Waals surface area contributed by atoms with Crippen LogP contribution in [0, 0.1) is 0 Å². The Bertz CT molecular complexity index is 1130. The molecule has 0 aromatic heterocycles. The highest BCUT2D eigenvalue weighted by Crippen LogP contribution is 2.30. The molecule has 2 aromatic carbocycles. The van der Waals surface area contributed by atoms with Crippen LogP contribution in [0.5, 0.6) is 5.75 Å². The highest BCUT2D eigenvalue weighted by atomic mass is 35.5. The molecule has 0 heterocycles. The van der Waals surface area contributed by atoms with Crippen LogP contribution in [0.2, 0.25) is 10.0 Å². The number of nitrogens with zero attached hydrogens (tertiary/aromatic N) is 2. The molecule has 0 saturated carbocycles. The van der Waals surface area contributed by atoms with Crippen molar-refractivity contribution in [3.05, 3.63) is 58.1 Å². The summed E-state index contributed by atoms with van der Waals surface area (Å²) in [6.45, 7) is 1.84. The number of nitrogens with one attached hydrogen (secondary N) is 1. The van der Waals surface area contributed by atoms with Crippen molar-refractivity contribution in [1.29, 1.82) is 0 Å². The van der Waals surface area contributed by atoms with Gasteiger partial charge in [-0.25, -0.2) is 8.42 Å². The maximum absolute atomic E-state index is 13.1. The first-order chi connectivity index (χ1) is 16.0. The van der Waals surface area contributed by atoms with Crippen LogP contribution in [-0.4, -0.2) is 58.1 Å². The molecule has 0 aliphatic rings. The monoisotopic (exact) mass is 529 g/mol. The molecule has 8 nitrogen and oxygen atoms in total. The summed E-state index contributed by atoms with van der Waals surface area (Å²) >= 11 is 12.4. The minimum absolute atomic E-state index is 0.0295. The van der Waals surface area contributed by atoms with Crippen molar-refractivity contribution in [3.63, 3.8) is 0 Å². The van der Waals surface area contributed by atoms with Crippen LogP contribution in [0.1, 0.15) is 25.3 Å². The van der Waals surface area contributed by atoms with E-state index in [0.717, 1.165) is 6.26 Å². The highest BCUT2D eigenvalue weighted by Gasteiger charge is 2.26. The van der Waals surface area contributed by atoms with Gasteiger partial charge in [0.2, 0.25) is 21.8 Å². The van der Waals surface area contributed by atoms with E-state index in [1.165, 1.54) is 29.4 Å². The first kappa shape index (κ1) is 27.8. The fourth-order valence-corrected chi connectivity index (χ4v) is 4.82. The van der Waals surface area contributed by atoms with Gasteiger partial charge in [0.1, 0.15) is 11.8 Å². The molecule has 0 fully saturated rings. The zero-order valence-corrected chi connectivity index (χ0v) is 21.9. The van der Waals surface area contributed by atoms with Crippen molar-refractivity contribution in [2.24, 2.45) is 0 Å².